The molecule has 1 amide bonds. The molecule has 3 aromatic rings. The normalized spacial score (nSPS) is 25.8. The number of amides is 1. The number of aliphatic hydroxyl groups excluding tert-OH is 1. The van der Waals surface area contributed by atoms with Gasteiger partial charge in [-0.15, -0.1) is 10.2 Å². The molecule has 0 radical (unpaired) electrons. The van der Waals surface area contributed by atoms with E-state index in [1.807, 2.05) is 30.3 Å². The zero-order valence-electron chi connectivity index (χ0n) is 15.8. The first-order valence-corrected chi connectivity index (χ1v) is 9.97. The van der Waals surface area contributed by atoms with Gasteiger partial charge < -0.3 is 19.4 Å². The first kappa shape index (κ1) is 18.1. The van der Waals surface area contributed by atoms with Crippen LogP contribution in [0.4, 0.5) is 0 Å². The van der Waals surface area contributed by atoms with Gasteiger partial charge in [-0.05, 0) is 37.5 Å². The maximum absolute atomic E-state index is 12.8. The van der Waals surface area contributed by atoms with E-state index in [1.54, 1.807) is 6.07 Å². The predicted molar refractivity (Wildman–Crippen MR) is 102 cm³/mol. The Morgan fingerprint density at radius 1 is 1.14 bits per heavy atom. The number of carbonyl (C=O) groups is 1. The maximum Gasteiger partial charge on any atom is 0.273 e. The van der Waals surface area contributed by atoms with Gasteiger partial charge in [0.2, 0.25) is 11.8 Å². The van der Waals surface area contributed by atoms with Gasteiger partial charge in [-0.2, -0.15) is 0 Å². The maximum atomic E-state index is 12.8. The second-order valence-electron chi connectivity index (χ2n) is 7.90. The molecule has 2 aromatic heterocycles. The van der Waals surface area contributed by atoms with E-state index in [0.29, 0.717) is 29.2 Å². The van der Waals surface area contributed by atoms with Crippen molar-refractivity contribution in [1.82, 2.24) is 20.7 Å². The lowest BCUT2D eigenvalue weighted by molar-refractivity contribution is 0.0882. The van der Waals surface area contributed by atoms with Crippen LogP contribution in [0.25, 0.3) is 11.3 Å². The molecule has 0 spiro atoms. The number of rotatable bonds is 5. The largest absolute Gasteiger partial charge is 0.422 e. The number of aliphatic hydroxyl groups is 1. The topological polar surface area (TPSA) is 114 Å². The van der Waals surface area contributed by atoms with Crippen LogP contribution >= 0.6 is 0 Å². The fourth-order valence-corrected chi connectivity index (χ4v) is 4.81. The van der Waals surface area contributed by atoms with Crippen molar-refractivity contribution in [3.63, 3.8) is 0 Å². The lowest BCUT2D eigenvalue weighted by Crippen LogP contribution is -2.45. The summed E-state index contributed by atoms with van der Waals surface area (Å²) >= 11 is 0. The molecule has 0 saturated heterocycles. The zero-order valence-corrected chi connectivity index (χ0v) is 15.8. The van der Waals surface area contributed by atoms with Crippen molar-refractivity contribution in [3.8, 4) is 11.3 Å². The summed E-state index contributed by atoms with van der Waals surface area (Å²) < 4.78 is 10.9. The van der Waals surface area contributed by atoms with Crippen LogP contribution in [0, 0.1) is 11.8 Å². The molecule has 8 nitrogen and oxygen atoms in total. The molecule has 2 N–H and O–H groups in total. The highest BCUT2D eigenvalue weighted by molar-refractivity contribution is 5.93. The summed E-state index contributed by atoms with van der Waals surface area (Å²) in [5.41, 5.74) is 1.19. The molecule has 1 aromatic carbocycles. The minimum absolute atomic E-state index is 0.121. The Labute approximate surface area is 167 Å². The van der Waals surface area contributed by atoms with Crippen molar-refractivity contribution in [2.75, 3.05) is 0 Å². The third kappa shape index (κ3) is 3.44. The summed E-state index contributed by atoms with van der Waals surface area (Å²) in [4.78, 5) is 12.8. The van der Waals surface area contributed by atoms with Crippen LogP contribution < -0.4 is 5.32 Å². The van der Waals surface area contributed by atoms with Crippen molar-refractivity contribution >= 4 is 5.91 Å². The average Bonchev–Trinajstić information content (AvgIpc) is 3.47. The third-order valence-corrected chi connectivity index (χ3v) is 6.16. The van der Waals surface area contributed by atoms with E-state index >= 15 is 0 Å². The van der Waals surface area contributed by atoms with E-state index in [9.17, 15) is 4.79 Å². The fourth-order valence-electron chi connectivity index (χ4n) is 4.81. The molecule has 2 aliphatic rings. The van der Waals surface area contributed by atoms with Gasteiger partial charge >= 0.3 is 0 Å². The Balaban J connectivity index is 1.26. The molecule has 0 aliphatic heterocycles. The summed E-state index contributed by atoms with van der Waals surface area (Å²) in [5.74, 6) is 2.16. The monoisotopic (exact) mass is 394 g/mol. The molecule has 2 heterocycles. The number of aromatic nitrogens is 3. The van der Waals surface area contributed by atoms with Crippen LogP contribution in [-0.2, 0) is 6.61 Å². The van der Waals surface area contributed by atoms with Crippen LogP contribution in [0.2, 0.25) is 0 Å². The number of hydrogen-bond donors (Lipinski definition) is 2. The molecule has 2 saturated carbocycles. The number of nitrogens with zero attached hydrogens (tertiary/aromatic N) is 3. The smallest absolute Gasteiger partial charge is 0.273 e. The van der Waals surface area contributed by atoms with Gasteiger partial charge in [0.05, 0.1) is 0 Å². The van der Waals surface area contributed by atoms with E-state index in [4.69, 9.17) is 14.0 Å². The van der Waals surface area contributed by atoms with Gasteiger partial charge in [0.15, 0.2) is 11.5 Å². The minimum Gasteiger partial charge on any atom is -0.422 e. The second-order valence-corrected chi connectivity index (χ2v) is 7.90. The Bertz CT molecular complexity index is 985. The number of benzene rings is 1. The quantitative estimate of drug-likeness (QED) is 0.684. The number of fused-ring (bicyclic) bond motifs is 2. The lowest BCUT2D eigenvalue weighted by atomic mass is 9.77. The molecular weight excluding hydrogens is 372 g/mol. The standard InChI is InChI=1S/C21H22N4O4/c26-11-18-23-24-21(28-18)15-8-13-6-7-14(9-15)19(13)22-20(27)16-10-17(29-25-16)12-4-2-1-3-5-12/h1-5,10,13-15,19,26H,6-9,11H2,(H,22,27). The van der Waals surface area contributed by atoms with Gasteiger partial charge in [0.25, 0.3) is 5.91 Å². The Kier molecular flexibility index (Phi) is 4.63. The molecular formula is C21H22N4O4. The predicted octanol–water partition coefficient (Wildman–Crippen LogP) is 2.92. The summed E-state index contributed by atoms with van der Waals surface area (Å²) in [7, 11) is 0. The van der Waals surface area contributed by atoms with Gasteiger partial charge in [0.1, 0.15) is 6.61 Å². The minimum atomic E-state index is -0.242. The number of hydrogen-bond acceptors (Lipinski definition) is 7. The van der Waals surface area contributed by atoms with E-state index in [2.05, 4.69) is 20.7 Å². The van der Waals surface area contributed by atoms with E-state index in [-0.39, 0.29) is 30.4 Å². The molecule has 2 fully saturated rings. The zero-order chi connectivity index (χ0) is 19.8. The molecule has 150 valence electrons. The molecule has 5 rings (SSSR count). The Morgan fingerprint density at radius 3 is 2.59 bits per heavy atom. The first-order valence-electron chi connectivity index (χ1n) is 9.97. The van der Waals surface area contributed by atoms with Crippen molar-refractivity contribution in [3.05, 3.63) is 53.9 Å². The fraction of sp³-hybridized carbons (Fsp3) is 0.429. The third-order valence-electron chi connectivity index (χ3n) is 6.16. The number of carbonyl (C=O) groups excluding carboxylic acids is 1. The van der Waals surface area contributed by atoms with Crippen LogP contribution in [0.15, 0.2) is 45.3 Å². The molecule has 2 aliphatic carbocycles. The van der Waals surface area contributed by atoms with Crippen molar-refractivity contribution < 1.29 is 18.8 Å². The van der Waals surface area contributed by atoms with E-state index < -0.39 is 0 Å². The highest BCUT2D eigenvalue weighted by atomic mass is 16.5. The van der Waals surface area contributed by atoms with Gasteiger partial charge in [0, 0.05) is 23.6 Å². The van der Waals surface area contributed by atoms with Crippen LogP contribution in [0.5, 0.6) is 0 Å². The van der Waals surface area contributed by atoms with Gasteiger partial charge in [-0.3, -0.25) is 4.79 Å². The van der Waals surface area contributed by atoms with Gasteiger partial charge in [-0.25, -0.2) is 0 Å². The van der Waals surface area contributed by atoms with Gasteiger partial charge in [-0.1, -0.05) is 35.5 Å². The van der Waals surface area contributed by atoms with E-state index in [0.717, 1.165) is 31.2 Å². The highest BCUT2D eigenvalue weighted by Gasteiger charge is 2.45. The lowest BCUT2D eigenvalue weighted by Gasteiger charge is -2.34. The molecule has 2 bridgehead atoms. The summed E-state index contributed by atoms with van der Waals surface area (Å²) in [6, 6.07) is 11.4. The SMILES string of the molecule is O=C(NC1C2CCC1CC(c1nnc(CO)o1)C2)c1cc(-c2ccccc2)on1. The summed E-state index contributed by atoms with van der Waals surface area (Å²) in [6.45, 7) is -0.242. The summed E-state index contributed by atoms with van der Waals surface area (Å²) in [5, 5.41) is 24.2. The van der Waals surface area contributed by atoms with Crippen LogP contribution in [0.1, 0.15) is 53.9 Å². The van der Waals surface area contributed by atoms with Crippen LogP contribution in [0.3, 0.4) is 0 Å². The van der Waals surface area contributed by atoms with Crippen molar-refractivity contribution in [2.45, 2.75) is 44.2 Å². The second kappa shape index (κ2) is 7.44. The van der Waals surface area contributed by atoms with Crippen LogP contribution in [-0.4, -0.2) is 32.4 Å². The molecule has 8 heteroatoms. The van der Waals surface area contributed by atoms with Crippen molar-refractivity contribution in [2.24, 2.45) is 11.8 Å². The Hall–Kier alpha value is -3.00. The highest BCUT2D eigenvalue weighted by Crippen LogP contribution is 2.48. The first-order chi connectivity index (χ1) is 14.2. The molecule has 2 unspecified atom stereocenters. The summed E-state index contributed by atoms with van der Waals surface area (Å²) in [6.07, 6.45) is 3.92. The average molecular weight is 394 g/mol. The molecule has 2 atom stereocenters. The molecule has 29 heavy (non-hydrogen) atoms. The van der Waals surface area contributed by atoms with E-state index in [1.165, 1.54) is 0 Å². The number of nitrogens with one attached hydrogen (secondary N) is 1. The Morgan fingerprint density at radius 2 is 1.90 bits per heavy atom. The van der Waals surface area contributed by atoms with Crippen molar-refractivity contribution in [1.29, 1.82) is 0 Å².